The lowest BCUT2D eigenvalue weighted by atomic mass is 9.92. The first kappa shape index (κ1) is 15.9. The third-order valence-electron chi connectivity index (χ3n) is 3.95. The summed E-state index contributed by atoms with van der Waals surface area (Å²) in [5, 5.41) is 3.42. The van der Waals surface area contributed by atoms with Gasteiger partial charge in [0.25, 0.3) is 0 Å². The lowest BCUT2D eigenvalue weighted by molar-refractivity contribution is 0.160. The van der Waals surface area contributed by atoms with Crippen LogP contribution in [0.1, 0.15) is 40.5 Å². The number of hydrogen-bond donors (Lipinski definition) is 1. The quantitative estimate of drug-likeness (QED) is 0.783. The van der Waals surface area contributed by atoms with Gasteiger partial charge in [-0.2, -0.15) is 0 Å². The zero-order chi connectivity index (χ0) is 13.6. The summed E-state index contributed by atoms with van der Waals surface area (Å²) < 4.78 is 0. The van der Waals surface area contributed by atoms with Crippen LogP contribution in [0.5, 0.6) is 0 Å². The van der Waals surface area contributed by atoms with Crippen molar-refractivity contribution in [2.24, 2.45) is 5.41 Å². The number of nitrogens with one attached hydrogen (secondary N) is 1. The Bertz CT molecular complexity index is 216. The second-order valence-corrected chi connectivity index (χ2v) is 7.04. The second kappa shape index (κ2) is 7.46. The van der Waals surface area contributed by atoms with Crippen LogP contribution in [0.25, 0.3) is 0 Å². The van der Waals surface area contributed by atoms with Crippen molar-refractivity contribution < 1.29 is 0 Å². The maximum Gasteiger partial charge on any atom is 0.0110 e. The van der Waals surface area contributed by atoms with Crippen LogP contribution < -0.4 is 5.32 Å². The van der Waals surface area contributed by atoms with Crippen molar-refractivity contribution in [2.75, 3.05) is 46.3 Å². The maximum atomic E-state index is 3.42. The zero-order valence-electron chi connectivity index (χ0n) is 13.1. The average molecular weight is 255 g/mol. The molecule has 1 aliphatic rings. The topological polar surface area (TPSA) is 18.5 Å². The van der Waals surface area contributed by atoms with Gasteiger partial charge in [0.15, 0.2) is 0 Å². The molecule has 0 bridgehead atoms. The number of nitrogens with zero attached hydrogens (tertiary/aromatic N) is 2. The minimum atomic E-state index is 0.457. The molecule has 0 aliphatic carbocycles. The molecule has 1 aliphatic heterocycles. The molecule has 1 fully saturated rings. The van der Waals surface area contributed by atoms with Crippen molar-refractivity contribution in [3.05, 3.63) is 0 Å². The van der Waals surface area contributed by atoms with Gasteiger partial charge in [0, 0.05) is 32.2 Å². The molecule has 1 saturated heterocycles. The van der Waals surface area contributed by atoms with E-state index in [-0.39, 0.29) is 0 Å². The molecule has 1 rings (SSSR count). The van der Waals surface area contributed by atoms with Crippen LogP contribution >= 0.6 is 0 Å². The number of hydrogen-bond acceptors (Lipinski definition) is 3. The van der Waals surface area contributed by atoms with E-state index in [0.29, 0.717) is 5.41 Å². The minimum absolute atomic E-state index is 0.457. The first-order valence-electron chi connectivity index (χ1n) is 7.52. The lowest BCUT2D eigenvalue weighted by Gasteiger charge is -2.34. The van der Waals surface area contributed by atoms with Gasteiger partial charge in [-0.05, 0) is 45.3 Å². The maximum absolute atomic E-state index is 3.42. The molecular weight excluding hydrogens is 222 g/mol. The predicted octanol–water partition coefficient (Wildman–Crippen LogP) is 2.04. The van der Waals surface area contributed by atoms with Crippen LogP contribution in [0.2, 0.25) is 0 Å². The molecule has 1 heterocycles. The highest BCUT2D eigenvalue weighted by atomic mass is 15.2. The highest BCUT2D eigenvalue weighted by Gasteiger charge is 2.17. The normalized spacial score (nSPS) is 20.3. The van der Waals surface area contributed by atoms with E-state index in [1.165, 1.54) is 39.0 Å². The molecule has 1 atom stereocenters. The van der Waals surface area contributed by atoms with E-state index < -0.39 is 0 Å². The van der Waals surface area contributed by atoms with Crippen LogP contribution in [0, 0.1) is 5.41 Å². The van der Waals surface area contributed by atoms with Crippen LogP contribution in [0.15, 0.2) is 0 Å². The van der Waals surface area contributed by atoms with Gasteiger partial charge in [0.2, 0.25) is 0 Å². The Morgan fingerprint density at radius 2 is 1.78 bits per heavy atom. The van der Waals surface area contributed by atoms with Gasteiger partial charge in [0.1, 0.15) is 0 Å². The molecule has 0 amide bonds. The Kier molecular flexibility index (Phi) is 6.61. The van der Waals surface area contributed by atoms with Crippen molar-refractivity contribution >= 4 is 0 Å². The van der Waals surface area contributed by atoms with Gasteiger partial charge in [-0.15, -0.1) is 0 Å². The third kappa shape index (κ3) is 6.72. The van der Waals surface area contributed by atoms with Crippen molar-refractivity contribution in [3.8, 4) is 0 Å². The summed E-state index contributed by atoms with van der Waals surface area (Å²) in [6.07, 6.45) is 2.58. The van der Waals surface area contributed by atoms with Crippen LogP contribution in [-0.4, -0.2) is 62.2 Å². The van der Waals surface area contributed by atoms with Gasteiger partial charge in [-0.1, -0.05) is 20.8 Å². The van der Waals surface area contributed by atoms with Crippen LogP contribution in [0.4, 0.5) is 0 Å². The standard InChI is InChI=1S/C15H33N3/c1-14(18-12-8-16-9-13-18)6-10-17(5)11-7-15(2,3)4/h14,16H,6-13H2,1-5H3. The van der Waals surface area contributed by atoms with Gasteiger partial charge in [-0.25, -0.2) is 0 Å². The predicted molar refractivity (Wildman–Crippen MR) is 80.1 cm³/mol. The van der Waals surface area contributed by atoms with E-state index in [1.807, 2.05) is 0 Å². The Morgan fingerprint density at radius 1 is 1.17 bits per heavy atom. The fourth-order valence-electron chi connectivity index (χ4n) is 2.35. The first-order valence-corrected chi connectivity index (χ1v) is 7.52. The number of piperazine rings is 1. The summed E-state index contributed by atoms with van der Waals surface area (Å²) in [6.45, 7) is 16.5. The Hall–Kier alpha value is -0.120. The van der Waals surface area contributed by atoms with Gasteiger partial charge in [-0.3, -0.25) is 4.90 Å². The lowest BCUT2D eigenvalue weighted by Crippen LogP contribution is -2.48. The molecule has 3 nitrogen and oxygen atoms in total. The largest absolute Gasteiger partial charge is 0.314 e. The van der Waals surface area contributed by atoms with E-state index in [2.05, 4.69) is 49.9 Å². The fraction of sp³-hybridized carbons (Fsp3) is 1.00. The molecule has 1 N–H and O–H groups in total. The Morgan fingerprint density at radius 3 is 2.33 bits per heavy atom. The van der Waals surface area contributed by atoms with Gasteiger partial charge < -0.3 is 10.2 Å². The van der Waals surface area contributed by atoms with Crippen LogP contribution in [-0.2, 0) is 0 Å². The van der Waals surface area contributed by atoms with Crippen molar-refractivity contribution in [3.63, 3.8) is 0 Å². The smallest absolute Gasteiger partial charge is 0.0110 e. The van der Waals surface area contributed by atoms with Gasteiger partial charge >= 0.3 is 0 Å². The summed E-state index contributed by atoms with van der Waals surface area (Å²) in [5.74, 6) is 0. The molecule has 18 heavy (non-hydrogen) atoms. The highest BCUT2D eigenvalue weighted by Crippen LogP contribution is 2.18. The molecule has 0 radical (unpaired) electrons. The average Bonchev–Trinajstić information content (AvgIpc) is 2.33. The van der Waals surface area contributed by atoms with Crippen molar-refractivity contribution in [1.82, 2.24) is 15.1 Å². The summed E-state index contributed by atoms with van der Waals surface area (Å²) in [7, 11) is 2.26. The Labute approximate surface area is 114 Å². The van der Waals surface area contributed by atoms with E-state index in [1.54, 1.807) is 0 Å². The second-order valence-electron chi connectivity index (χ2n) is 7.04. The Balaban J connectivity index is 2.14. The molecule has 0 spiro atoms. The van der Waals surface area contributed by atoms with E-state index in [4.69, 9.17) is 0 Å². The zero-order valence-corrected chi connectivity index (χ0v) is 13.1. The molecule has 0 aromatic rings. The summed E-state index contributed by atoms with van der Waals surface area (Å²) in [6, 6.07) is 0.726. The highest BCUT2D eigenvalue weighted by molar-refractivity contribution is 4.74. The monoisotopic (exact) mass is 255 g/mol. The third-order valence-corrected chi connectivity index (χ3v) is 3.95. The van der Waals surface area contributed by atoms with Crippen LogP contribution in [0.3, 0.4) is 0 Å². The van der Waals surface area contributed by atoms with Crippen molar-refractivity contribution in [2.45, 2.75) is 46.6 Å². The molecule has 0 saturated carbocycles. The van der Waals surface area contributed by atoms with Crippen molar-refractivity contribution in [1.29, 1.82) is 0 Å². The number of rotatable bonds is 6. The molecule has 108 valence electrons. The molecular formula is C15H33N3. The summed E-state index contributed by atoms with van der Waals surface area (Å²) in [4.78, 5) is 5.11. The van der Waals surface area contributed by atoms with E-state index in [0.717, 1.165) is 19.1 Å². The fourth-order valence-corrected chi connectivity index (χ4v) is 2.35. The molecule has 3 heteroatoms. The van der Waals surface area contributed by atoms with E-state index in [9.17, 15) is 0 Å². The SMILES string of the molecule is CC(CCN(C)CCC(C)(C)C)N1CCNCC1. The summed E-state index contributed by atoms with van der Waals surface area (Å²) >= 11 is 0. The molecule has 0 aromatic carbocycles. The van der Waals surface area contributed by atoms with E-state index >= 15 is 0 Å². The first-order chi connectivity index (χ1) is 8.38. The minimum Gasteiger partial charge on any atom is -0.314 e. The molecule has 0 aromatic heterocycles. The molecule has 1 unspecified atom stereocenters. The summed E-state index contributed by atoms with van der Waals surface area (Å²) in [5.41, 5.74) is 0.457. The van der Waals surface area contributed by atoms with Gasteiger partial charge in [0.05, 0.1) is 0 Å².